The number of para-hydroxylation sites is 12. The second-order valence-electron chi connectivity index (χ2n) is 36.8. The number of hydrogen-bond donors (Lipinski definition) is 1. The standard InChI is InChI=1S/C125H110N6O12/c132-116(86-40-2-1-3-41-86)85-117(133)87-78-90(142-124(134)88-80-118(136-72-34-28-66-126-104-54-16-4-42-92(104)93-43-5-17-55-105(93)126)122(140-76-38-32-70-130-112-62-24-12-50-100(112)101-51-13-25-63-113(101)130)119(81-88)137-73-35-29-67-127-106-56-18-6-44-94(106)95-45-7-19-57-107(95)127)84-91(79-87)143-125(135)89-82-120(138-74-36-30-68-128-108-58-20-8-46-96(108)97-47-9-21-59-109(97)128)123(141-77-39-33-71-131-114-64-26-14-52-102(114)103-53-15-27-65-115(103)131)121(83-89)139-75-37-31-69-129-110-60-22-10-48-98(110)99-49-11-23-61-111(99)129/h1-27,40-65,78-85,133H,28-39,66-77H2/b117-85-. The van der Waals surface area contributed by atoms with Crippen molar-refractivity contribution in [1.82, 2.24) is 27.4 Å². The predicted molar refractivity (Wildman–Crippen MR) is 576 cm³/mol. The Morgan fingerprint density at radius 3 is 0.622 bits per heavy atom. The van der Waals surface area contributed by atoms with E-state index in [1.165, 1.54) is 105 Å². The molecule has 0 aliphatic carbocycles. The van der Waals surface area contributed by atoms with Gasteiger partial charge in [0.15, 0.2) is 28.8 Å². The number of ketones is 1. The second kappa shape index (κ2) is 42.1. The maximum Gasteiger partial charge on any atom is 0.343 e. The second-order valence-corrected chi connectivity index (χ2v) is 36.8. The molecule has 0 aliphatic rings. The Labute approximate surface area is 828 Å². The van der Waals surface area contributed by atoms with Gasteiger partial charge in [0.05, 0.1) is 50.8 Å². The van der Waals surface area contributed by atoms with Crippen LogP contribution >= 0.6 is 0 Å². The summed E-state index contributed by atoms with van der Waals surface area (Å²) >= 11 is 0. The normalized spacial score (nSPS) is 11.9. The Balaban J connectivity index is 0.588. The number of esters is 2. The zero-order valence-electron chi connectivity index (χ0n) is 79.8. The smallest absolute Gasteiger partial charge is 0.343 e. The number of fused-ring (bicyclic) bond motifs is 18. The minimum Gasteiger partial charge on any atom is -0.507 e. The maximum absolute atomic E-state index is 15.8. The fourth-order valence-corrected chi connectivity index (χ4v) is 20.9. The molecule has 1 N–H and O–H groups in total. The SMILES string of the molecule is O=C(/C=C(\O)c1cc(OC(=O)c2cc(OCCCCn3c4ccccc4c4ccccc43)c(OCCCCn3c4ccccc4c4ccccc43)c(OCCCCn3c4ccccc4c4ccccc43)c2)cc(OC(=O)c2cc(OCCCCn3c4ccccc4c4ccccc43)c(OCCCCn3c4ccccc4c4ccccc43)c(OCCCCn3c4ccccc4c4ccccc43)c2)c1)c1ccccc1. The van der Waals surface area contributed by atoms with Crippen molar-refractivity contribution in [1.29, 1.82) is 0 Å². The van der Waals surface area contributed by atoms with Crippen LogP contribution < -0.4 is 37.9 Å². The molecule has 22 aromatic rings. The molecule has 0 amide bonds. The highest BCUT2D eigenvalue weighted by Gasteiger charge is 2.27. The van der Waals surface area contributed by atoms with Crippen molar-refractivity contribution in [3.63, 3.8) is 0 Å². The quantitative estimate of drug-likeness (QED) is 0.00958. The first kappa shape index (κ1) is 91.4. The van der Waals surface area contributed by atoms with Crippen LogP contribution in [0.4, 0.5) is 0 Å². The number of aliphatic hydroxyl groups is 1. The lowest BCUT2D eigenvalue weighted by atomic mass is 10.1. The zero-order chi connectivity index (χ0) is 96.3. The summed E-state index contributed by atoms with van der Waals surface area (Å²) in [5.41, 5.74) is 14.3. The van der Waals surface area contributed by atoms with Crippen LogP contribution in [0.3, 0.4) is 0 Å². The molecule has 0 radical (unpaired) electrons. The van der Waals surface area contributed by atoms with Crippen LogP contribution in [0.1, 0.15) is 114 Å². The van der Waals surface area contributed by atoms with E-state index < -0.39 is 23.5 Å². The third kappa shape index (κ3) is 19.2. The highest BCUT2D eigenvalue weighted by atomic mass is 16.6. The molecule has 0 aliphatic heterocycles. The van der Waals surface area contributed by atoms with Crippen molar-refractivity contribution >= 4 is 154 Å². The van der Waals surface area contributed by atoms with Crippen LogP contribution in [0.15, 0.2) is 370 Å². The monoisotopic (exact) mass is 1890 g/mol. The first-order valence-electron chi connectivity index (χ1n) is 50.1. The van der Waals surface area contributed by atoms with Crippen molar-refractivity contribution in [2.45, 2.75) is 116 Å². The van der Waals surface area contributed by atoms with Gasteiger partial charge in [0.25, 0.3) is 0 Å². The Kier molecular flexibility index (Phi) is 26.9. The van der Waals surface area contributed by atoms with Crippen LogP contribution in [-0.2, 0) is 39.3 Å². The molecule has 712 valence electrons. The lowest BCUT2D eigenvalue weighted by Crippen LogP contribution is -2.14. The van der Waals surface area contributed by atoms with Gasteiger partial charge in [0.2, 0.25) is 11.5 Å². The average Bonchev–Trinajstić information content (AvgIpc) is 1.59. The number of nitrogens with zero attached hydrogens (tertiary/aromatic N) is 6. The number of rotatable bonds is 43. The third-order valence-electron chi connectivity index (χ3n) is 27.7. The maximum atomic E-state index is 15.8. The van der Waals surface area contributed by atoms with E-state index >= 15 is 9.59 Å². The Bertz CT molecular complexity index is 7440. The lowest BCUT2D eigenvalue weighted by Gasteiger charge is -2.19. The predicted octanol–water partition coefficient (Wildman–Crippen LogP) is 29.7. The molecule has 6 heterocycles. The number of carbonyl (C=O) groups is 3. The van der Waals surface area contributed by atoms with Gasteiger partial charge >= 0.3 is 11.9 Å². The Morgan fingerprint density at radius 1 is 0.210 bits per heavy atom. The molecule has 0 saturated heterocycles. The number of aromatic nitrogens is 6. The largest absolute Gasteiger partial charge is 0.507 e. The van der Waals surface area contributed by atoms with E-state index in [1.807, 2.05) is 0 Å². The number of hydrogen-bond acceptors (Lipinski definition) is 12. The number of benzene rings is 16. The van der Waals surface area contributed by atoms with E-state index in [1.54, 1.807) is 54.6 Å². The fourth-order valence-electron chi connectivity index (χ4n) is 20.9. The summed E-state index contributed by atoms with van der Waals surface area (Å²) in [7, 11) is 0. The molecule has 6 aromatic heterocycles. The van der Waals surface area contributed by atoms with Crippen LogP contribution in [0.2, 0.25) is 0 Å². The molecule has 18 heteroatoms. The van der Waals surface area contributed by atoms with E-state index in [0.717, 1.165) is 128 Å². The molecule has 0 spiro atoms. The molecule has 16 aromatic carbocycles. The molecule has 18 nitrogen and oxygen atoms in total. The van der Waals surface area contributed by atoms with Gasteiger partial charge in [-0.05, 0) is 186 Å². The number of carbonyl (C=O) groups excluding carboxylic acids is 3. The van der Waals surface area contributed by atoms with Gasteiger partial charge in [-0.2, -0.15) is 0 Å². The van der Waals surface area contributed by atoms with Gasteiger partial charge in [-0.1, -0.05) is 249 Å². The van der Waals surface area contributed by atoms with E-state index in [0.29, 0.717) is 55.6 Å². The number of aliphatic hydroxyl groups excluding tert-OH is 1. The van der Waals surface area contributed by atoms with Crippen LogP contribution in [0.25, 0.3) is 137 Å². The van der Waals surface area contributed by atoms with Gasteiger partial charge < -0.3 is 70.4 Å². The van der Waals surface area contributed by atoms with Crippen molar-refractivity contribution in [3.05, 3.63) is 392 Å². The van der Waals surface area contributed by atoms with Gasteiger partial charge in [-0.3, -0.25) is 4.79 Å². The number of unbranched alkanes of at least 4 members (excludes halogenated alkanes) is 6. The van der Waals surface area contributed by atoms with E-state index in [-0.39, 0.29) is 90.8 Å². The summed E-state index contributed by atoms with van der Waals surface area (Å²) in [6.45, 7) is 5.96. The number of allylic oxidation sites excluding steroid dienone is 1. The minimum atomic E-state index is -0.843. The summed E-state index contributed by atoms with van der Waals surface area (Å²) < 4.78 is 69.1. The Hall–Kier alpha value is -16.7. The molecular weight excluding hydrogens is 1780 g/mol. The van der Waals surface area contributed by atoms with Crippen LogP contribution in [-0.4, -0.2) is 89.9 Å². The Morgan fingerprint density at radius 2 is 0.406 bits per heavy atom. The van der Waals surface area contributed by atoms with Crippen molar-refractivity contribution in [2.75, 3.05) is 39.6 Å². The van der Waals surface area contributed by atoms with Crippen molar-refractivity contribution < 1.29 is 57.4 Å². The summed E-state index contributed by atoms with van der Waals surface area (Å²) in [6, 6.07) is 122. The molecule has 143 heavy (non-hydrogen) atoms. The summed E-state index contributed by atoms with van der Waals surface area (Å²) in [5, 5.41) is 26.7. The van der Waals surface area contributed by atoms with Crippen molar-refractivity contribution in [3.8, 4) is 46.0 Å². The highest BCUT2D eigenvalue weighted by molar-refractivity contribution is 6.13. The van der Waals surface area contributed by atoms with E-state index in [4.69, 9.17) is 37.9 Å². The van der Waals surface area contributed by atoms with Gasteiger partial charge in [-0.15, -0.1) is 0 Å². The molecule has 0 fully saturated rings. The molecule has 0 bridgehead atoms. The summed E-state index contributed by atoms with van der Waals surface area (Å²) in [6.07, 6.45) is 9.55. The summed E-state index contributed by atoms with van der Waals surface area (Å²) in [4.78, 5) is 45.6. The first-order chi connectivity index (χ1) is 70.7. The van der Waals surface area contributed by atoms with Crippen LogP contribution in [0.5, 0.6) is 46.0 Å². The number of aryl methyl sites for hydroxylation is 6. The van der Waals surface area contributed by atoms with E-state index in [2.05, 4.69) is 319 Å². The van der Waals surface area contributed by atoms with Gasteiger partial charge in [0.1, 0.15) is 17.3 Å². The number of ether oxygens (including phenoxy) is 8. The highest BCUT2D eigenvalue weighted by Crippen LogP contribution is 2.45. The average molecular weight is 1890 g/mol. The van der Waals surface area contributed by atoms with Gasteiger partial charge in [0, 0.05) is 193 Å². The fraction of sp³-hybridized carbons (Fsp3) is 0.192. The first-order valence-corrected chi connectivity index (χ1v) is 50.1. The van der Waals surface area contributed by atoms with Crippen molar-refractivity contribution in [2.24, 2.45) is 0 Å². The molecule has 0 unspecified atom stereocenters. The molecule has 0 saturated carbocycles. The zero-order valence-corrected chi connectivity index (χ0v) is 79.8. The van der Waals surface area contributed by atoms with E-state index in [9.17, 15) is 9.90 Å². The summed E-state index contributed by atoms with van der Waals surface area (Å²) in [5.74, 6) is -1.16. The lowest BCUT2D eigenvalue weighted by molar-refractivity contribution is 0.0730. The third-order valence-corrected chi connectivity index (χ3v) is 27.7. The minimum absolute atomic E-state index is 0.00380. The molecule has 22 rings (SSSR count). The molecular formula is C125H110N6O12. The molecule has 0 atom stereocenters. The van der Waals surface area contributed by atoms with Gasteiger partial charge in [-0.25, -0.2) is 9.59 Å². The topological polar surface area (TPSA) is 175 Å². The van der Waals surface area contributed by atoms with Crippen LogP contribution in [0, 0.1) is 0 Å².